The van der Waals surface area contributed by atoms with Gasteiger partial charge >= 0.3 is 0 Å². The van der Waals surface area contributed by atoms with Gasteiger partial charge in [-0.05, 0) is 37.1 Å². The van der Waals surface area contributed by atoms with E-state index in [2.05, 4.69) is 10.4 Å². The second-order valence-corrected chi connectivity index (χ2v) is 10.9. The van der Waals surface area contributed by atoms with Crippen molar-refractivity contribution in [3.05, 3.63) is 59.9 Å². The van der Waals surface area contributed by atoms with Crippen molar-refractivity contribution >= 4 is 21.6 Å². The molecule has 1 N–H and O–H groups in total. The van der Waals surface area contributed by atoms with Crippen molar-refractivity contribution in [3.8, 4) is 16.9 Å². The van der Waals surface area contributed by atoms with Gasteiger partial charge in [0.15, 0.2) is 0 Å². The number of carbonyl (C=O) groups is 1. The van der Waals surface area contributed by atoms with Crippen LogP contribution >= 0.6 is 0 Å². The summed E-state index contributed by atoms with van der Waals surface area (Å²) >= 11 is 0. The van der Waals surface area contributed by atoms with E-state index in [9.17, 15) is 13.2 Å². The van der Waals surface area contributed by atoms with Crippen LogP contribution in [0.3, 0.4) is 0 Å². The van der Waals surface area contributed by atoms with Crippen LogP contribution < -0.4 is 10.1 Å². The van der Waals surface area contributed by atoms with Crippen molar-refractivity contribution in [1.29, 1.82) is 0 Å². The van der Waals surface area contributed by atoms with E-state index in [1.807, 2.05) is 53.4 Å². The van der Waals surface area contributed by atoms with Gasteiger partial charge in [-0.25, -0.2) is 8.42 Å². The molecule has 2 aliphatic rings. The molecule has 0 aliphatic carbocycles. The molecule has 35 heavy (non-hydrogen) atoms. The molecule has 1 atom stereocenters. The zero-order valence-corrected chi connectivity index (χ0v) is 20.9. The number of fused-ring (bicyclic) bond motifs is 2. The summed E-state index contributed by atoms with van der Waals surface area (Å²) in [6.07, 6.45) is 0. The average Bonchev–Trinajstić information content (AvgIpc) is 3.13. The maximum Gasteiger partial charge on any atom is 0.246 e. The Labute approximate surface area is 205 Å². The van der Waals surface area contributed by atoms with Crippen molar-refractivity contribution in [3.63, 3.8) is 0 Å². The Kier molecular flexibility index (Phi) is 6.12. The Morgan fingerprint density at radius 2 is 1.83 bits per heavy atom. The molecule has 2 aliphatic heterocycles. The van der Waals surface area contributed by atoms with Crippen LogP contribution in [0.1, 0.15) is 11.4 Å². The molecule has 0 bridgehead atoms. The molecule has 3 heterocycles. The van der Waals surface area contributed by atoms with Crippen LogP contribution in [-0.4, -0.2) is 72.1 Å². The van der Waals surface area contributed by atoms with E-state index in [1.165, 1.54) is 4.31 Å². The Morgan fingerprint density at radius 1 is 1.06 bits per heavy atom. The number of anilines is 1. The van der Waals surface area contributed by atoms with Crippen molar-refractivity contribution in [1.82, 2.24) is 19.0 Å². The van der Waals surface area contributed by atoms with Gasteiger partial charge in [0, 0.05) is 26.7 Å². The number of nitrogens with one attached hydrogen (secondary N) is 1. The minimum Gasteiger partial charge on any atom is -0.490 e. The second kappa shape index (κ2) is 9.10. The van der Waals surface area contributed by atoms with Crippen LogP contribution in [0.25, 0.3) is 11.1 Å². The van der Waals surface area contributed by atoms with Crippen LogP contribution in [0, 0.1) is 13.8 Å². The lowest BCUT2D eigenvalue weighted by Gasteiger charge is -2.39. The number of sulfonamides is 1. The lowest BCUT2D eigenvalue weighted by Crippen LogP contribution is -2.57. The first-order valence-corrected chi connectivity index (χ1v) is 13.0. The van der Waals surface area contributed by atoms with Gasteiger partial charge in [0.25, 0.3) is 0 Å². The lowest BCUT2D eigenvalue weighted by molar-refractivity contribution is -0.118. The van der Waals surface area contributed by atoms with Gasteiger partial charge in [-0.1, -0.05) is 36.4 Å². The first kappa shape index (κ1) is 23.5. The van der Waals surface area contributed by atoms with Crippen LogP contribution in [0.2, 0.25) is 0 Å². The molecule has 10 heteroatoms. The van der Waals surface area contributed by atoms with Crippen LogP contribution in [-0.2, 0) is 21.9 Å². The maximum absolute atomic E-state index is 13.5. The summed E-state index contributed by atoms with van der Waals surface area (Å²) in [5.74, 6) is 0.418. The van der Waals surface area contributed by atoms with Crippen LogP contribution in [0.4, 0.5) is 5.69 Å². The van der Waals surface area contributed by atoms with E-state index in [-0.39, 0.29) is 36.5 Å². The molecule has 5 rings (SSSR count). The first-order valence-electron chi connectivity index (χ1n) is 11.6. The highest BCUT2D eigenvalue weighted by Gasteiger charge is 2.38. The van der Waals surface area contributed by atoms with Gasteiger partial charge in [-0.3, -0.25) is 14.4 Å². The first-order chi connectivity index (χ1) is 16.7. The van der Waals surface area contributed by atoms with Crippen LogP contribution in [0.15, 0.2) is 53.4 Å². The molecule has 2 aromatic carbocycles. The highest BCUT2D eigenvalue weighted by Crippen LogP contribution is 2.32. The highest BCUT2D eigenvalue weighted by atomic mass is 32.2. The molecule has 0 radical (unpaired) electrons. The number of piperazine rings is 1. The summed E-state index contributed by atoms with van der Waals surface area (Å²) in [4.78, 5) is 15.1. The largest absolute Gasteiger partial charge is 0.490 e. The third kappa shape index (κ3) is 4.44. The van der Waals surface area contributed by atoms with E-state index in [0.29, 0.717) is 35.9 Å². The predicted molar refractivity (Wildman–Crippen MR) is 133 cm³/mol. The Bertz CT molecular complexity index is 1370. The van der Waals surface area contributed by atoms with Crippen molar-refractivity contribution in [2.45, 2.75) is 24.8 Å². The van der Waals surface area contributed by atoms with Gasteiger partial charge in [-0.2, -0.15) is 9.40 Å². The third-order valence-electron chi connectivity index (χ3n) is 6.75. The number of aromatic nitrogens is 2. The van der Waals surface area contributed by atoms with E-state index in [0.717, 1.165) is 11.1 Å². The van der Waals surface area contributed by atoms with Gasteiger partial charge < -0.3 is 10.1 Å². The molecule has 1 aromatic heterocycles. The van der Waals surface area contributed by atoms with Crippen molar-refractivity contribution in [2.75, 3.05) is 38.1 Å². The molecule has 184 valence electrons. The number of benzene rings is 2. The molecule has 1 fully saturated rings. The number of hydrogen-bond donors (Lipinski definition) is 1. The van der Waals surface area contributed by atoms with E-state index in [1.54, 1.807) is 25.6 Å². The fourth-order valence-corrected chi connectivity index (χ4v) is 6.70. The molecule has 1 saturated heterocycles. The van der Waals surface area contributed by atoms with E-state index in [4.69, 9.17) is 4.74 Å². The summed E-state index contributed by atoms with van der Waals surface area (Å²) in [6.45, 7) is 4.88. The van der Waals surface area contributed by atoms with Gasteiger partial charge in [0.1, 0.15) is 17.3 Å². The molecule has 9 nitrogen and oxygen atoms in total. The van der Waals surface area contributed by atoms with Crippen molar-refractivity contribution < 1.29 is 17.9 Å². The highest BCUT2D eigenvalue weighted by molar-refractivity contribution is 7.89. The average molecular weight is 496 g/mol. The normalized spacial score (nSPS) is 19.5. The summed E-state index contributed by atoms with van der Waals surface area (Å²) in [6, 6.07) is 15.4. The van der Waals surface area contributed by atoms with Gasteiger partial charge in [0.2, 0.25) is 15.9 Å². The Morgan fingerprint density at radius 3 is 2.54 bits per heavy atom. The summed E-state index contributed by atoms with van der Waals surface area (Å²) in [7, 11) is -1.99. The van der Waals surface area contributed by atoms with E-state index < -0.39 is 10.0 Å². The number of rotatable bonds is 3. The van der Waals surface area contributed by atoms with Gasteiger partial charge in [-0.15, -0.1) is 0 Å². The molecule has 0 saturated carbocycles. The second-order valence-electron chi connectivity index (χ2n) is 9.05. The third-order valence-corrected chi connectivity index (χ3v) is 8.86. The fourth-order valence-electron chi connectivity index (χ4n) is 4.83. The Hall–Kier alpha value is -3.21. The molecule has 0 spiro atoms. The molecular formula is C25H29N5O4S. The quantitative estimate of drug-likeness (QED) is 0.600. The lowest BCUT2D eigenvalue weighted by atomic mass is 10.0. The molecule has 3 aromatic rings. The predicted octanol–water partition coefficient (Wildman–Crippen LogP) is 2.41. The standard InChI is InChI=1S/C25H29N5O4S/c1-17-25(18(2)28(3)27-17)35(32,33)30-12-11-29-15-24(31)26-22-13-20(19-7-5-4-6-8-19)9-10-23(22)34-16-21(29)14-30/h4-10,13,21H,11-12,14-16H2,1-3H3,(H,26,31)/t21-/m0/s1. The summed E-state index contributed by atoms with van der Waals surface area (Å²) in [5.41, 5.74) is 3.73. The monoisotopic (exact) mass is 495 g/mol. The topological polar surface area (TPSA) is 96.8 Å². The Balaban J connectivity index is 1.40. The molecule has 0 unspecified atom stereocenters. The minimum absolute atomic E-state index is 0.151. The number of amides is 1. The van der Waals surface area contributed by atoms with Crippen molar-refractivity contribution in [2.24, 2.45) is 7.05 Å². The smallest absolute Gasteiger partial charge is 0.246 e. The summed E-state index contributed by atoms with van der Waals surface area (Å²) < 4.78 is 36.2. The zero-order valence-electron chi connectivity index (χ0n) is 20.1. The minimum atomic E-state index is -3.73. The maximum atomic E-state index is 13.5. The number of aryl methyl sites for hydroxylation is 2. The number of hydrogen-bond acceptors (Lipinski definition) is 6. The van der Waals surface area contributed by atoms with Crippen LogP contribution in [0.5, 0.6) is 5.75 Å². The molecule has 1 amide bonds. The number of carbonyl (C=O) groups excluding carboxylic acids is 1. The number of ether oxygens (including phenoxy) is 1. The fraction of sp³-hybridized carbons (Fsp3) is 0.360. The SMILES string of the molecule is Cc1nn(C)c(C)c1S(=O)(=O)N1CCN2CC(=O)Nc3cc(-c4ccccc4)ccc3OC[C@@H]2C1. The molecular weight excluding hydrogens is 466 g/mol. The summed E-state index contributed by atoms with van der Waals surface area (Å²) in [5, 5.41) is 7.26. The zero-order chi connectivity index (χ0) is 24.7. The van der Waals surface area contributed by atoms with Gasteiger partial charge in [0.05, 0.1) is 29.7 Å². The van der Waals surface area contributed by atoms with E-state index >= 15 is 0 Å². The number of nitrogens with zero attached hydrogens (tertiary/aromatic N) is 4.